The third-order valence-electron chi connectivity index (χ3n) is 2.81. The highest BCUT2D eigenvalue weighted by molar-refractivity contribution is 6.02. The minimum absolute atomic E-state index is 0.996. The van der Waals surface area contributed by atoms with Crippen molar-refractivity contribution in [3.05, 3.63) is 71.8 Å². The Balaban J connectivity index is 2.21. The van der Waals surface area contributed by atoms with Crippen molar-refractivity contribution >= 4 is 17.5 Å². The first kappa shape index (κ1) is 12.3. The molecule has 0 unspecified atom stereocenters. The van der Waals surface area contributed by atoms with E-state index in [9.17, 15) is 0 Å². The van der Waals surface area contributed by atoms with Gasteiger partial charge in [0.1, 0.15) is 0 Å². The summed E-state index contributed by atoms with van der Waals surface area (Å²) in [7, 11) is 0. The van der Waals surface area contributed by atoms with E-state index in [4.69, 9.17) is 0 Å². The van der Waals surface area contributed by atoms with Crippen LogP contribution in [0.4, 0.5) is 5.69 Å². The first-order valence-electron chi connectivity index (χ1n) is 6.10. The minimum atomic E-state index is 0.996. The molecule has 0 fully saturated rings. The maximum absolute atomic E-state index is 4.60. The smallest absolute Gasteiger partial charge is 0.0632 e. The van der Waals surface area contributed by atoms with Crippen molar-refractivity contribution in [1.82, 2.24) is 0 Å². The summed E-state index contributed by atoms with van der Waals surface area (Å²) in [5.74, 6) is 0. The predicted octanol–water partition coefficient (Wildman–Crippen LogP) is 4.88. The number of hydrogen-bond donors (Lipinski definition) is 0. The Bertz CT molecular complexity index is 497. The van der Waals surface area contributed by atoms with Crippen LogP contribution in [0.25, 0.3) is 6.08 Å². The summed E-state index contributed by atoms with van der Waals surface area (Å²) in [5.41, 5.74) is 4.43. The number of allylic oxidation sites excluding steroid dienone is 1. The van der Waals surface area contributed by atoms with Gasteiger partial charge in [0.2, 0.25) is 0 Å². The Labute approximate surface area is 109 Å². The number of benzene rings is 2. The molecule has 0 radical (unpaired) electrons. The molecular weight excluding hydrogens is 218 g/mol. The van der Waals surface area contributed by atoms with Crippen molar-refractivity contribution < 1.29 is 0 Å². The fourth-order valence-corrected chi connectivity index (χ4v) is 1.69. The van der Waals surface area contributed by atoms with Crippen molar-refractivity contribution in [3.63, 3.8) is 0 Å². The molecule has 0 aliphatic carbocycles. The first-order valence-corrected chi connectivity index (χ1v) is 6.10. The van der Waals surface area contributed by atoms with E-state index in [0.717, 1.165) is 11.4 Å². The normalized spacial score (nSPS) is 12.6. The molecule has 1 heteroatoms. The molecule has 18 heavy (non-hydrogen) atoms. The van der Waals surface area contributed by atoms with E-state index in [1.807, 2.05) is 55.5 Å². The third kappa shape index (κ3) is 3.42. The lowest BCUT2D eigenvalue weighted by atomic mass is 10.1. The van der Waals surface area contributed by atoms with Crippen LogP contribution in [0.5, 0.6) is 0 Å². The summed E-state index contributed by atoms with van der Waals surface area (Å²) in [6, 6.07) is 20.3. The summed E-state index contributed by atoms with van der Waals surface area (Å²) in [6.07, 6.45) is 2.15. The molecule has 0 aliphatic rings. The molecule has 0 saturated carbocycles. The van der Waals surface area contributed by atoms with Gasteiger partial charge in [0.05, 0.1) is 5.69 Å². The molecule has 2 aromatic rings. The molecule has 1 nitrogen and oxygen atoms in total. The van der Waals surface area contributed by atoms with Crippen LogP contribution >= 0.6 is 0 Å². The Morgan fingerprint density at radius 1 is 0.833 bits per heavy atom. The van der Waals surface area contributed by atoms with Gasteiger partial charge < -0.3 is 0 Å². The van der Waals surface area contributed by atoms with Crippen LogP contribution in [-0.2, 0) is 0 Å². The molecule has 0 bridgehead atoms. The average molecular weight is 235 g/mol. The maximum atomic E-state index is 4.60. The second kappa shape index (κ2) is 5.97. The van der Waals surface area contributed by atoms with Gasteiger partial charge >= 0.3 is 0 Å². The van der Waals surface area contributed by atoms with E-state index in [0.29, 0.717) is 0 Å². The van der Waals surface area contributed by atoms with E-state index in [1.54, 1.807) is 0 Å². The van der Waals surface area contributed by atoms with Gasteiger partial charge in [-0.1, -0.05) is 54.6 Å². The highest BCUT2D eigenvalue weighted by Crippen LogP contribution is 2.14. The zero-order valence-electron chi connectivity index (χ0n) is 10.8. The lowest BCUT2D eigenvalue weighted by molar-refractivity contribution is 1.46. The van der Waals surface area contributed by atoms with Crippen LogP contribution in [0.1, 0.15) is 19.4 Å². The Morgan fingerprint density at radius 2 is 1.39 bits per heavy atom. The van der Waals surface area contributed by atoms with Crippen molar-refractivity contribution in [3.8, 4) is 0 Å². The summed E-state index contributed by atoms with van der Waals surface area (Å²) in [4.78, 5) is 4.60. The summed E-state index contributed by atoms with van der Waals surface area (Å²) in [5, 5.41) is 0. The van der Waals surface area contributed by atoms with Crippen LogP contribution in [0.3, 0.4) is 0 Å². The lowest BCUT2D eigenvalue weighted by Crippen LogP contribution is -1.92. The van der Waals surface area contributed by atoms with E-state index in [2.05, 4.69) is 30.1 Å². The Kier molecular flexibility index (Phi) is 4.08. The van der Waals surface area contributed by atoms with Crippen molar-refractivity contribution in [2.24, 2.45) is 4.99 Å². The van der Waals surface area contributed by atoms with Crippen LogP contribution in [-0.4, -0.2) is 5.71 Å². The fraction of sp³-hybridized carbons (Fsp3) is 0.118. The first-order chi connectivity index (χ1) is 8.75. The van der Waals surface area contributed by atoms with Crippen molar-refractivity contribution in [2.75, 3.05) is 0 Å². The molecule has 0 spiro atoms. The average Bonchev–Trinajstić information content (AvgIpc) is 2.41. The molecule has 0 saturated heterocycles. The summed E-state index contributed by atoms with van der Waals surface area (Å²) in [6.45, 7) is 4.14. The van der Waals surface area contributed by atoms with Crippen LogP contribution in [0.2, 0.25) is 0 Å². The highest BCUT2D eigenvalue weighted by Gasteiger charge is 1.96. The van der Waals surface area contributed by atoms with Crippen LogP contribution in [0.15, 0.2) is 71.2 Å². The standard InChI is InChI=1S/C17H17N/c1-14(13-16-9-5-3-6-10-16)15(2)18-17-11-7-4-8-12-17/h3-13H,1-2H3. The van der Waals surface area contributed by atoms with Crippen molar-refractivity contribution in [1.29, 1.82) is 0 Å². The summed E-state index contributed by atoms with van der Waals surface area (Å²) < 4.78 is 0. The molecular formula is C17H17N. The van der Waals surface area contributed by atoms with Crippen LogP contribution in [0, 0.1) is 0 Å². The maximum Gasteiger partial charge on any atom is 0.0632 e. The van der Waals surface area contributed by atoms with Gasteiger partial charge in [0.15, 0.2) is 0 Å². The minimum Gasteiger partial charge on any atom is -0.253 e. The zero-order valence-corrected chi connectivity index (χ0v) is 10.8. The number of hydrogen-bond acceptors (Lipinski definition) is 1. The van der Waals surface area contributed by atoms with E-state index in [-0.39, 0.29) is 0 Å². The number of nitrogens with zero attached hydrogens (tertiary/aromatic N) is 1. The van der Waals surface area contributed by atoms with E-state index >= 15 is 0 Å². The molecule has 0 amide bonds. The third-order valence-corrected chi connectivity index (χ3v) is 2.81. The topological polar surface area (TPSA) is 12.4 Å². The monoisotopic (exact) mass is 235 g/mol. The number of rotatable bonds is 3. The number of aliphatic imine (C=N–C) groups is 1. The molecule has 90 valence electrons. The second-order valence-electron chi connectivity index (χ2n) is 4.27. The SMILES string of the molecule is CC(=Cc1ccccc1)C(C)=Nc1ccccc1. The van der Waals surface area contributed by atoms with Gasteiger partial charge in [-0.3, -0.25) is 4.99 Å². The Morgan fingerprint density at radius 3 is 2.00 bits per heavy atom. The van der Waals surface area contributed by atoms with Gasteiger partial charge in [-0.25, -0.2) is 0 Å². The second-order valence-corrected chi connectivity index (χ2v) is 4.27. The zero-order chi connectivity index (χ0) is 12.8. The van der Waals surface area contributed by atoms with E-state index < -0.39 is 0 Å². The molecule has 0 heterocycles. The van der Waals surface area contributed by atoms with Gasteiger partial charge in [0.25, 0.3) is 0 Å². The fourth-order valence-electron chi connectivity index (χ4n) is 1.69. The largest absolute Gasteiger partial charge is 0.253 e. The predicted molar refractivity (Wildman–Crippen MR) is 79.3 cm³/mol. The molecule has 2 rings (SSSR count). The Hall–Kier alpha value is -2.15. The van der Waals surface area contributed by atoms with Crippen molar-refractivity contribution in [2.45, 2.75) is 13.8 Å². The van der Waals surface area contributed by atoms with Gasteiger partial charge in [0, 0.05) is 5.71 Å². The molecule has 0 N–H and O–H groups in total. The van der Waals surface area contributed by atoms with Gasteiger partial charge in [-0.05, 0) is 37.1 Å². The summed E-state index contributed by atoms with van der Waals surface area (Å²) >= 11 is 0. The number of para-hydroxylation sites is 1. The highest BCUT2D eigenvalue weighted by atomic mass is 14.7. The molecule has 0 aliphatic heterocycles. The molecule has 2 aromatic carbocycles. The van der Waals surface area contributed by atoms with E-state index in [1.165, 1.54) is 11.1 Å². The quantitative estimate of drug-likeness (QED) is 0.672. The lowest BCUT2D eigenvalue weighted by Gasteiger charge is -2.02. The van der Waals surface area contributed by atoms with Crippen LogP contribution < -0.4 is 0 Å². The van der Waals surface area contributed by atoms with Gasteiger partial charge in [-0.2, -0.15) is 0 Å². The molecule has 0 atom stereocenters. The van der Waals surface area contributed by atoms with Gasteiger partial charge in [-0.15, -0.1) is 0 Å². The molecule has 0 aromatic heterocycles.